The van der Waals surface area contributed by atoms with Crippen LogP contribution in [0.5, 0.6) is 0 Å². The Balaban J connectivity index is 1.55. The molecule has 3 rings (SSSR count). The van der Waals surface area contributed by atoms with Crippen LogP contribution in [0.3, 0.4) is 0 Å². The third-order valence-electron chi connectivity index (χ3n) is 4.68. The van der Waals surface area contributed by atoms with Crippen LogP contribution in [0.2, 0.25) is 0 Å². The van der Waals surface area contributed by atoms with Crippen molar-refractivity contribution in [3.8, 4) is 0 Å². The van der Waals surface area contributed by atoms with Gasteiger partial charge in [0.1, 0.15) is 0 Å². The number of carbonyl (C=O) groups excluding carboxylic acids is 3. The smallest absolute Gasteiger partial charge is 0.306 e. The van der Waals surface area contributed by atoms with Crippen molar-refractivity contribution in [1.29, 1.82) is 0 Å². The Kier molecular flexibility index (Phi) is 5.16. The largest absolute Gasteiger partial charge is 0.457 e. The fraction of sp³-hybridized carbons (Fsp3) is 0.286. The van der Waals surface area contributed by atoms with Gasteiger partial charge in [-0.2, -0.15) is 0 Å². The van der Waals surface area contributed by atoms with Gasteiger partial charge in [0, 0.05) is 18.3 Å². The standard InChI is InChI=1S/C21H21NO4/c1-14(15-6-4-3-5-7-15)10-21(25)26-13-19(23)16-8-9-18-17(11-16)12-20(24)22(18)2/h3-9,11,14H,10,12-13H2,1-2H3/t14-/m1/s1. The van der Waals surface area contributed by atoms with Crippen LogP contribution in [0, 0.1) is 0 Å². The molecule has 0 N–H and O–H groups in total. The number of fused-ring (bicyclic) bond motifs is 1. The van der Waals surface area contributed by atoms with Crippen LogP contribution in [-0.2, 0) is 20.7 Å². The van der Waals surface area contributed by atoms with Crippen LogP contribution in [0.4, 0.5) is 5.69 Å². The van der Waals surface area contributed by atoms with E-state index in [1.54, 1.807) is 30.1 Å². The highest BCUT2D eigenvalue weighted by atomic mass is 16.5. The van der Waals surface area contributed by atoms with E-state index in [4.69, 9.17) is 4.74 Å². The zero-order chi connectivity index (χ0) is 18.7. The molecule has 0 aliphatic carbocycles. The van der Waals surface area contributed by atoms with Gasteiger partial charge in [-0.1, -0.05) is 37.3 Å². The number of Topliss-reactive ketones (excluding diaryl/α,β-unsaturated/α-hetero) is 1. The van der Waals surface area contributed by atoms with Gasteiger partial charge in [0.2, 0.25) is 5.91 Å². The SMILES string of the molecule is C[C@H](CC(=O)OCC(=O)c1ccc2c(c1)CC(=O)N2C)c1ccccc1. The van der Waals surface area contributed by atoms with E-state index < -0.39 is 5.97 Å². The minimum absolute atomic E-state index is 0.00549. The molecule has 0 bridgehead atoms. The number of rotatable bonds is 6. The van der Waals surface area contributed by atoms with E-state index in [0.717, 1.165) is 16.8 Å². The van der Waals surface area contributed by atoms with E-state index in [0.29, 0.717) is 12.0 Å². The van der Waals surface area contributed by atoms with Crippen molar-refractivity contribution in [1.82, 2.24) is 0 Å². The third kappa shape index (κ3) is 3.82. The molecular weight excluding hydrogens is 330 g/mol. The lowest BCUT2D eigenvalue weighted by molar-refractivity contribution is -0.142. The molecule has 134 valence electrons. The molecule has 0 spiro atoms. The molecule has 0 saturated carbocycles. The molecule has 1 aliphatic heterocycles. The summed E-state index contributed by atoms with van der Waals surface area (Å²) in [6.07, 6.45) is 0.516. The van der Waals surface area contributed by atoms with Crippen LogP contribution in [0.25, 0.3) is 0 Å². The second kappa shape index (κ2) is 7.52. The topological polar surface area (TPSA) is 63.7 Å². The zero-order valence-corrected chi connectivity index (χ0v) is 14.9. The molecule has 2 aromatic carbocycles. The van der Waals surface area contributed by atoms with Crippen LogP contribution in [0.15, 0.2) is 48.5 Å². The Morgan fingerprint density at radius 1 is 1.15 bits per heavy atom. The first-order chi connectivity index (χ1) is 12.5. The van der Waals surface area contributed by atoms with Crippen molar-refractivity contribution in [2.75, 3.05) is 18.6 Å². The lowest BCUT2D eigenvalue weighted by Gasteiger charge is -2.12. The number of ketones is 1. The number of nitrogens with zero attached hydrogens (tertiary/aromatic N) is 1. The van der Waals surface area contributed by atoms with Gasteiger partial charge >= 0.3 is 5.97 Å². The van der Waals surface area contributed by atoms with Gasteiger partial charge in [-0.25, -0.2) is 0 Å². The van der Waals surface area contributed by atoms with Gasteiger partial charge in [-0.3, -0.25) is 14.4 Å². The molecule has 0 unspecified atom stereocenters. The first kappa shape index (κ1) is 17.9. The number of esters is 1. The number of anilines is 1. The summed E-state index contributed by atoms with van der Waals surface area (Å²) in [6.45, 7) is 1.66. The van der Waals surface area contributed by atoms with E-state index in [2.05, 4.69) is 0 Å². The summed E-state index contributed by atoms with van der Waals surface area (Å²) < 4.78 is 5.15. The Morgan fingerprint density at radius 3 is 2.62 bits per heavy atom. The summed E-state index contributed by atoms with van der Waals surface area (Å²) in [5.74, 6) is -0.632. The van der Waals surface area contributed by atoms with Crippen LogP contribution >= 0.6 is 0 Å². The summed E-state index contributed by atoms with van der Waals surface area (Å²) >= 11 is 0. The Bertz CT molecular complexity index is 844. The van der Waals surface area contributed by atoms with Crippen molar-refractivity contribution in [2.24, 2.45) is 0 Å². The average Bonchev–Trinajstić information content (AvgIpc) is 2.94. The minimum atomic E-state index is -0.397. The molecule has 1 amide bonds. The summed E-state index contributed by atoms with van der Waals surface area (Å²) in [5, 5.41) is 0. The molecule has 0 aromatic heterocycles. The number of hydrogen-bond donors (Lipinski definition) is 0. The first-order valence-electron chi connectivity index (χ1n) is 8.59. The summed E-state index contributed by atoms with van der Waals surface area (Å²) in [4.78, 5) is 37.6. The van der Waals surface area contributed by atoms with Crippen LogP contribution in [-0.4, -0.2) is 31.3 Å². The van der Waals surface area contributed by atoms with Crippen LogP contribution < -0.4 is 4.90 Å². The lowest BCUT2D eigenvalue weighted by atomic mass is 9.98. The van der Waals surface area contributed by atoms with Crippen molar-refractivity contribution < 1.29 is 19.1 Å². The highest BCUT2D eigenvalue weighted by molar-refractivity contribution is 6.03. The van der Waals surface area contributed by atoms with Gasteiger partial charge in [-0.05, 0) is 35.2 Å². The van der Waals surface area contributed by atoms with Crippen molar-refractivity contribution in [3.05, 3.63) is 65.2 Å². The van der Waals surface area contributed by atoms with E-state index in [9.17, 15) is 14.4 Å². The molecule has 0 saturated heterocycles. The number of benzene rings is 2. The molecule has 1 atom stereocenters. The minimum Gasteiger partial charge on any atom is -0.457 e. The maximum atomic E-state index is 12.3. The predicted octanol–water partition coefficient (Wildman–Crippen LogP) is 3.13. The second-order valence-electron chi connectivity index (χ2n) is 6.57. The number of carbonyl (C=O) groups is 3. The summed E-state index contributed by atoms with van der Waals surface area (Å²) in [5.41, 5.74) is 3.16. The molecule has 5 nitrogen and oxygen atoms in total. The number of hydrogen-bond acceptors (Lipinski definition) is 4. The van der Waals surface area contributed by atoms with Gasteiger partial charge in [0.15, 0.2) is 12.4 Å². The Hall–Kier alpha value is -2.95. The van der Waals surface area contributed by atoms with Crippen molar-refractivity contribution in [3.63, 3.8) is 0 Å². The van der Waals surface area contributed by atoms with Crippen molar-refractivity contribution >= 4 is 23.3 Å². The average molecular weight is 351 g/mol. The van der Waals surface area contributed by atoms with Crippen LogP contribution in [0.1, 0.15) is 40.7 Å². The lowest BCUT2D eigenvalue weighted by Crippen LogP contribution is -2.20. The highest BCUT2D eigenvalue weighted by Crippen LogP contribution is 2.28. The quantitative estimate of drug-likeness (QED) is 0.592. The number of ether oxygens (including phenoxy) is 1. The molecule has 0 fully saturated rings. The number of amides is 1. The Labute approximate surface area is 152 Å². The highest BCUT2D eigenvalue weighted by Gasteiger charge is 2.25. The van der Waals surface area contributed by atoms with E-state index in [1.165, 1.54) is 0 Å². The van der Waals surface area contributed by atoms with Gasteiger partial charge in [0.25, 0.3) is 0 Å². The van der Waals surface area contributed by atoms with E-state index in [1.807, 2.05) is 37.3 Å². The Morgan fingerprint density at radius 2 is 1.88 bits per heavy atom. The van der Waals surface area contributed by atoms with Crippen molar-refractivity contribution in [2.45, 2.75) is 25.7 Å². The normalized spacial score (nSPS) is 14.1. The maximum Gasteiger partial charge on any atom is 0.306 e. The second-order valence-corrected chi connectivity index (χ2v) is 6.57. The molecule has 0 radical (unpaired) electrons. The molecule has 2 aromatic rings. The molecular formula is C21H21NO4. The third-order valence-corrected chi connectivity index (χ3v) is 4.68. The molecule has 1 heterocycles. The molecule has 1 aliphatic rings. The van der Waals surface area contributed by atoms with Gasteiger partial charge < -0.3 is 9.64 Å². The summed E-state index contributed by atoms with van der Waals surface area (Å²) in [6, 6.07) is 14.8. The maximum absolute atomic E-state index is 12.3. The monoisotopic (exact) mass is 351 g/mol. The fourth-order valence-electron chi connectivity index (χ4n) is 3.08. The first-order valence-corrected chi connectivity index (χ1v) is 8.59. The van der Waals surface area contributed by atoms with Gasteiger partial charge in [-0.15, -0.1) is 0 Å². The number of likely N-dealkylation sites (N-methyl/N-ethyl adjacent to an activating group) is 1. The van der Waals surface area contributed by atoms with E-state index >= 15 is 0 Å². The molecule has 26 heavy (non-hydrogen) atoms. The van der Waals surface area contributed by atoms with Gasteiger partial charge in [0.05, 0.1) is 12.8 Å². The fourth-order valence-corrected chi connectivity index (χ4v) is 3.08. The van der Waals surface area contributed by atoms with E-state index in [-0.39, 0.29) is 30.6 Å². The predicted molar refractivity (Wildman–Crippen MR) is 98.3 cm³/mol. The summed E-state index contributed by atoms with van der Waals surface area (Å²) in [7, 11) is 1.71. The zero-order valence-electron chi connectivity index (χ0n) is 14.9. The molecule has 5 heteroatoms.